The van der Waals surface area contributed by atoms with Crippen molar-refractivity contribution >= 4 is 11.9 Å². The molecule has 2 aromatic heterocycles. The van der Waals surface area contributed by atoms with Crippen molar-refractivity contribution in [3.05, 3.63) is 65.0 Å². The summed E-state index contributed by atoms with van der Waals surface area (Å²) in [5.41, 5.74) is 2.86. The lowest BCUT2D eigenvalue weighted by Gasteiger charge is -2.29. The Morgan fingerprint density at radius 2 is 1.93 bits per heavy atom. The Bertz CT molecular complexity index is 1040. The van der Waals surface area contributed by atoms with Crippen LogP contribution in [0.2, 0.25) is 0 Å². The quantitative estimate of drug-likeness (QED) is 0.470. The van der Waals surface area contributed by atoms with E-state index in [2.05, 4.69) is 10.2 Å². The van der Waals surface area contributed by atoms with Crippen molar-refractivity contribution < 1.29 is 28.2 Å². The van der Waals surface area contributed by atoms with Crippen molar-refractivity contribution in [1.29, 1.82) is 0 Å². The molecule has 1 aliphatic rings. The van der Waals surface area contributed by atoms with E-state index < -0.39 is 18.3 Å². The molecule has 9 nitrogen and oxygen atoms in total. The fraction of sp³-hybridized carbons (Fsp3) is 0.286. The second kappa shape index (κ2) is 8.13. The molecule has 0 aliphatic carbocycles. The molecule has 9 heteroatoms. The van der Waals surface area contributed by atoms with Crippen LogP contribution in [0.5, 0.6) is 0 Å². The first-order valence-corrected chi connectivity index (χ1v) is 9.26. The van der Waals surface area contributed by atoms with Crippen LogP contribution in [-0.4, -0.2) is 61.1 Å². The number of fused-ring (bicyclic) bond motifs is 1. The largest absolute Gasteiger partial charge is 0.465 e. The van der Waals surface area contributed by atoms with Crippen LogP contribution < -0.4 is 0 Å². The monoisotopic (exact) mass is 411 g/mol. The number of H-pyrrole nitrogens is 1. The van der Waals surface area contributed by atoms with E-state index in [9.17, 15) is 9.59 Å². The molecule has 3 heterocycles. The zero-order valence-electron chi connectivity index (χ0n) is 16.7. The average molecular weight is 411 g/mol. The maximum Gasteiger partial charge on any atom is 0.337 e. The molecule has 0 saturated carbocycles. The number of hydrogen-bond acceptors (Lipinski definition) is 7. The molecule has 0 radical (unpaired) electrons. The Kier molecular flexibility index (Phi) is 5.39. The summed E-state index contributed by atoms with van der Waals surface area (Å²) in [6.07, 6.45) is 0.953. The van der Waals surface area contributed by atoms with E-state index in [4.69, 9.17) is 18.6 Å². The number of furan rings is 1. The van der Waals surface area contributed by atoms with E-state index >= 15 is 0 Å². The van der Waals surface area contributed by atoms with Gasteiger partial charge in [0.15, 0.2) is 17.7 Å². The third-order valence-corrected chi connectivity index (χ3v) is 5.14. The van der Waals surface area contributed by atoms with Crippen molar-refractivity contribution in [1.82, 2.24) is 15.1 Å². The SMILES string of the molecule is COC(=O)c1ccc(C2c3c(n[nH]c3-c3ccco3)C(=O)N2CC(OC)OC)cc1. The molecule has 1 aromatic carbocycles. The number of rotatable bonds is 7. The van der Waals surface area contributed by atoms with Gasteiger partial charge in [-0.25, -0.2) is 4.79 Å². The Balaban J connectivity index is 1.80. The van der Waals surface area contributed by atoms with E-state index in [0.717, 1.165) is 5.56 Å². The normalized spacial score (nSPS) is 15.7. The molecule has 1 N–H and O–H groups in total. The average Bonchev–Trinajstić information content (AvgIpc) is 3.50. The van der Waals surface area contributed by atoms with E-state index in [1.54, 1.807) is 47.6 Å². The number of carbonyl (C=O) groups is 2. The van der Waals surface area contributed by atoms with Gasteiger partial charge in [0.1, 0.15) is 5.69 Å². The highest BCUT2D eigenvalue weighted by atomic mass is 16.7. The maximum atomic E-state index is 13.2. The molecule has 1 atom stereocenters. The predicted octanol–water partition coefficient (Wildman–Crippen LogP) is 2.62. The lowest BCUT2D eigenvalue weighted by Crippen LogP contribution is -2.38. The summed E-state index contributed by atoms with van der Waals surface area (Å²) < 4.78 is 20.9. The van der Waals surface area contributed by atoms with Gasteiger partial charge in [0.25, 0.3) is 5.91 Å². The highest BCUT2D eigenvalue weighted by Crippen LogP contribution is 2.43. The van der Waals surface area contributed by atoms with Gasteiger partial charge in [0.2, 0.25) is 0 Å². The van der Waals surface area contributed by atoms with Crippen LogP contribution in [0.25, 0.3) is 11.5 Å². The second-order valence-corrected chi connectivity index (χ2v) is 6.71. The topological polar surface area (TPSA) is 107 Å². The molecule has 1 amide bonds. The first-order chi connectivity index (χ1) is 14.6. The lowest BCUT2D eigenvalue weighted by atomic mass is 9.97. The number of methoxy groups -OCH3 is 3. The summed E-state index contributed by atoms with van der Waals surface area (Å²) >= 11 is 0. The standard InChI is InChI=1S/C21H21N3O6/c1-27-15(28-2)11-24-19(12-6-8-13(9-7-12)21(26)29-3)16-17(14-5-4-10-30-14)22-23-18(16)20(24)25/h4-10,15,19H,11H2,1-3H3,(H,22,23). The maximum absolute atomic E-state index is 13.2. The van der Waals surface area contributed by atoms with Crippen LogP contribution >= 0.6 is 0 Å². The van der Waals surface area contributed by atoms with Crippen molar-refractivity contribution in [2.75, 3.05) is 27.9 Å². The van der Waals surface area contributed by atoms with Gasteiger partial charge < -0.3 is 23.5 Å². The minimum Gasteiger partial charge on any atom is -0.465 e. The van der Waals surface area contributed by atoms with Gasteiger partial charge in [0.05, 0.1) is 31.5 Å². The summed E-state index contributed by atoms with van der Waals surface area (Å²) in [5.74, 6) is -0.107. The summed E-state index contributed by atoms with van der Waals surface area (Å²) in [6.45, 7) is 0.198. The fourth-order valence-corrected chi connectivity index (χ4v) is 3.66. The van der Waals surface area contributed by atoms with Gasteiger partial charge in [-0.15, -0.1) is 0 Å². The number of aromatic amines is 1. The molecule has 0 fully saturated rings. The zero-order valence-corrected chi connectivity index (χ0v) is 16.7. The van der Waals surface area contributed by atoms with Gasteiger partial charge in [-0.3, -0.25) is 9.89 Å². The van der Waals surface area contributed by atoms with Gasteiger partial charge >= 0.3 is 5.97 Å². The minimum absolute atomic E-state index is 0.198. The van der Waals surface area contributed by atoms with Gasteiger partial charge in [-0.05, 0) is 29.8 Å². The molecule has 156 valence electrons. The van der Waals surface area contributed by atoms with Gasteiger partial charge in [-0.2, -0.15) is 5.10 Å². The van der Waals surface area contributed by atoms with Crippen molar-refractivity contribution in [2.24, 2.45) is 0 Å². The molecule has 3 aromatic rings. The number of aromatic nitrogens is 2. The fourth-order valence-electron chi connectivity index (χ4n) is 3.66. The van der Waals surface area contributed by atoms with E-state index in [0.29, 0.717) is 28.3 Å². The number of amides is 1. The highest BCUT2D eigenvalue weighted by molar-refractivity contribution is 6.00. The molecule has 4 rings (SSSR count). The summed E-state index contributed by atoms with van der Waals surface area (Å²) in [7, 11) is 4.36. The minimum atomic E-state index is -0.606. The van der Waals surface area contributed by atoms with Crippen molar-refractivity contribution in [3.63, 3.8) is 0 Å². The van der Waals surface area contributed by atoms with Crippen LogP contribution in [0.15, 0.2) is 47.1 Å². The molecule has 30 heavy (non-hydrogen) atoms. The van der Waals surface area contributed by atoms with Crippen LogP contribution in [-0.2, 0) is 14.2 Å². The first-order valence-electron chi connectivity index (χ1n) is 9.26. The molecular weight excluding hydrogens is 390 g/mol. The third kappa shape index (κ3) is 3.27. The number of hydrogen-bond donors (Lipinski definition) is 1. The third-order valence-electron chi connectivity index (χ3n) is 5.14. The van der Waals surface area contributed by atoms with E-state index in [1.165, 1.54) is 21.3 Å². The molecular formula is C21H21N3O6. The van der Waals surface area contributed by atoms with Crippen molar-refractivity contribution in [2.45, 2.75) is 12.3 Å². The van der Waals surface area contributed by atoms with Crippen LogP contribution in [0.1, 0.15) is 38.0 Å². The van der Waals surface area contributed by atoms with Gasteiger partial charge in [-0.1, -0.05) is 12.1 Å². The first kappa shape index (κ1) is 19.9. The number of ether oxygens (including phenoxy) is 3. The van der Waals surface area contributed by atoms with E-state index in [1.807, 2.05) is 0 Å². The Morgan fingerprint density at radius 3 is 2.53 bits per heavy atom. The summed E-state index contributed by atoms with van der Waals surface area (Å²) in [5, 5.41) is 7.17. The molecule has 0 bridgehead atoms. The molecule has 1 unspecified atom stereocenters. The summed E-state index contributed by atoms with van der Waals surface area (Å²) in [6, 6.07) is 10.0. The smallest absolute Gasteiger partial charge is 0.337 e. The molecule has 0 saturated heterocycles. The summed E-state index contributed by atoms with van der Waals surface area (Å²) in [4.78, 5) is 26.6. The van der Waals surface area contributed by atoms with Crippen LogP contribution in [0, 0.1) is 0 Å². The zero-order chi connectivity index (χ0) is 21.3. The van der Waals surface area contributed by atoms with Gasteiger partial charge in [0, 0.05) is 19.8 Å². The Labute approximate surface area is 172 Å². The number of nitrogens with one attached hydrogen (secondary N) is 1. The highest BCUT2D eigenvalue weighted by Gasteiger charge is 2.43. The molecule has 0 spiro atoms. The number of nitrogens with zero attached hydrogens (tertiary/aromatic N) is 2. The van der Waals surface area contributed by atoms with Crippen LogP contribution in [0.3, 0.4) is 0 Å². The number of carbonyl (C=O) groups excluding carboxylic acids is 2. The van der Waals surface area contributed by atoms with Crippen LogP contribution in [0.4, 0.5) is 0 Å². The lowest BCUT2D eigenvalue weighted by molar-refractivity contribution is -0.113. The van der Waals surface area contributed by atoms with Crippen molar-refractivity contribution in [3.8, 4) is 11.5 Å². The Hall–Kier alpha value is -3.43. The number of esters is 1. The van der Waals surface area contributed by atoms with E-state index in [-0.39, 0.29) is 12.5 Å². The second-order valence-electron chi connectivity index (χ2n) is 6.71. The molecule has 1 aliphatic heterocycles. The Morgan fingerprint density at radius 1 is 1.20 bits per heavy atom. The number of benzene rings is 1. The predicted molar refractivity (Wildman–Crippen MR) is 105 cm³/mol.